The largest absolute Gasteiger partial charge is 0.348 e. The summed E-state index contributed by atoms with van der Waals surface area (Å²) in [6.07, 6.45) is 0.511. The van der Waals surface area contributed by atoms with E-state index in [4.69, 9.17) is 0 Å². The van der Waals surface area contributed by atoms with Gasteiger partial charge in [0.05, 0.1) is 6.04 Å². The molecule has 0 unspecified atom stereocenters. The van der Waals surface area contributed by atoms with Crippen molar-refractivity contribution < 1.29 is 14.4 Å². The summed E-state index contributed by atoms with van der Waals surface area (Å²) in [4.78, 5) is 41.8. The second kappa shape index (κ2) is 9.45. The number of amides is 3. The van der Waals surface area contributed by atoms with E-state index in [1.807, 2.05) is 89.2 Å². The Morgan fingerprint density at radius 1 is 1.00 bits per heavy atom. The van der Waals surface area contributed by atoms with Crippen LogP contribution in [-0.4, -0.2) is 39.5 Å². The molecule has 34 heavy (non-hydrogen) atoms. The van der Waals surface area contributed by atoms with Gasteiger partial charge in [0.25, 0.3) is 5.91 Å². The first-order valence-electron chi connectivity index (χ1n) is 11.8. The fraction of sp³-hybridized carbons (Fsp3) is 0.444. The van der Waals surface area contributed by atoms with Crippen molar-refractivity contribution in [2.75, 3.05) is 0 Å². The number of carbonyl (C=O) groups excluding carboxylic acids is 3. The monoisotopic (exact) mass is 479 g/mol. The summed E-state index contributed by atoms with van der Waals surface area (Å²) >= 11 is 1.62. The van der Waals surface area contributed by atoms with Crippen LogP contribution in [0.25, 0.3) is 0 Å². The van der Waals surface area contributed by atoms with Crippen molar-refractivity contribution in [2.24, 2.45) is 5.92 Å². The predicted molar refractivity (Wildman–Crippen MR) is 135 cm³/mol. The molecule has 2 aliphatic heterocycles. The molecule has 0 spiro atoms. The van der Waals surface area contributed by atoms with Crippen LogP contribution in [0.1, 0.15) is 73.9 Å². The van der Waals surface area contributed by atoms with E-state index >= 15 is 0 Å². The minimum Gasteiger partial charge on any atom is -0.348 e. The van der Waals surface area contributed by atoms with Crippen molar-refractivity contribution in [1.82, 2.24) is 15.5 Å². The maximum Gasteiger partial charge on any atom is 0.256 e. The molecule has 0 saturated carbocycles. The second-order valence-electron chi connectivity index (χ2n) is 10.1. The first-order valence-corrected chi connectivity index (χ1v) is 12.7. The average molecular weight is 480 g/mol. The Morgan fingerprint density at radius 2 is 1.65 bits per heavy atom. The molecule has 7 heteroatoms. The molecule has 2 aromatic carbocycles. The molecule has 0 radical (unpaired) electrons. The van der Waals surface area contributed by atoms with Gasteiger partial charge in [-0.15, -0.1) is 11.8 Å². The van der Waals surface area contributed by atoms with Gasteiger partial charge in [-0.2, -0.15) is 0 Å². The molecular weight excluding hydrogens is 446 g/mol. The quantitative estimate of drug-likeness (QED) is 0.615. The zero-order chi connectivity index (χ0) is 24.6. The third-order valence-electron chi connectivity index (χ3n) is 6.54. The molecule has 0 aliphatic carbocycles. The van der Waals surface area contributed by atoms with Crippen molar-refractivity contribution >= 4 is 29.5 Å². The molecule has 1 fully saturated rings. The molecule has 2 heterocycles. The van der Waals surface area contributed by atoms with E-state index in [-0.39, 0.29) is 35.1 Å². The predicted octanol–water partition coefficient (Wildman–Crippen LogP) is 4.44. The van der Waals surface area contributed by atoms with Gasteiger partial charge >= 0.3 is 0 Å². The van der Waals surface area contributed by atoms with Gasteiger partial charge in [-0.3, -0.25) is 14.4 Å². The highest BCUT2D eigenvalue weighted by Crippen LogP contribution is 2.56. The van der Waals surface area contributed by atoms with E-state index in [1.165, 1.54) is 0 Å². The van der Waals surface area contributed by atoms with Crippen LogP contribution in [-0.2, 0) is 9.59 Å². The second-order valence-corrected chi connectivity index (χ2v) is 11.8. The summed E-state index contributed by atoms with van der Waals surface area (Å²) in [6, 6.07) is 15.8. The average Bonchev–Trinajstić information content (AvgIpc) is 3.22. The lowest BCUT2D eigenvalue weighted by molar-refractivity contribution is -0.132. The van der Waals surface area contributed by atoms with Gasteiger partial charge in [-0.1, -0.05) is 62.4 Å². The Kier molecular flexibility index (Phi) is 6.76. The molecule has 4 rings (SSSR count). The molecular formula is C27H33N3O3S. The topological polar surface area (TPSA) is 78.5 Å². The Balaban J connectivity index is 1.53. The first kappa shape index (κ1) is 24.3. The lowest BCUT2D eigenvalue weighted by Gasteiger charge is -2.31. The molecule has 2 aromatic rings. The van der Waals surface area contributed by atoms with Crippen molar-refractivity contribution in [3.05, 3.63) is 71.3 Å². The van der Waals surface area contributed by atoms with Gasteiger partial charge < -0.3 is 15.5 Å². The Hall–Kier alpha value is -2.80. The van der Waals surface area contributed by atoms with Gasteiger partial charge in [-0.25, -0.2) is 0 Å². The maximum absolute atomic E-state index is 13.7. The van der Waals surface area contributed by atoms with E-state index < -0.39 is 16.8 Å². The molecule has 0 aromatic heterocycles. The lowest BCUT2D eigenvalue weighted by atomic mass is 9.98. The minimum absolute atomic E-state index is 0.124. The lowest BCUT2D eigenvalue weighted by Crippen LogP contribution is -2.57. The highest BCUT2D eigenvalue weighted by atomic mass is 32.2. The van der Waals surface area contributed by atoms with Gasteiger partial charge in [0.2, 0.25) is 11.8 Å². The number of thioether (sulfide) groups is 1. The minimum atomic E-state index is -0.682. The summed E-state index contributed by atoms with van der Waals surface area (Å²) in [5.41, 5.74) is 2.61. The van der Waals surface area contributed by atoms with Crippen LogP contribution in [0.5, 0.6) is 0 Å². The number of benzene rings is 2. The molecule has 2 N–H and O–H groups in total. The summed E-state index contributed by atoms with van der Waals surface area (Å²) in [6.45, 7) is 9.97. The maximum atomic E-state index is 13.7. The number of carbonyl (C=O) groups is 3. The molecule has 3 amide bonds. The van der Waals surface area contributed by atoms with Crippen LogP contribution >= 0.6 is 11.8 Å². The number of hydrogen-bond donors (Lipinski definition) is 2. The Labute approximate surface area is 205 Å². The van der Waals surface area contributed by atoms with Crippen LogP contribution < -0.4 is 10.6 Å². The smallest absolute Gasteiger partial charge is 0.256 e. The van der Waals surface area contributed by atoms with Crippen molar-refractivity contribution in [2.45, 2.75) is 69.3 Å². The zero-order valence-electron chi connectivity index (χ0n) is 20.4. The standard InChI is InChI=1S/C27H33N3O3S/c1-16(2)15-21(23(31)28-17(3)18-11-7-6-8-12-18)29-24(32)22-27(4,5)34-26-20-14-10-9-13-19(20)25(33)30(22)26/h6-14,16-17,21-22,26H,15H2,1-5H3,(H,28,31)(H,29,32)/t17-,21-,22-,26-/m0/s1. The Morgan fingerprint density at radius 3 is 2.32 bits per heavy atom. The van der Waals surface area contributed by atoms with E-state index in [2.05, 4.69) is 10.6 Å². The van der Waals surface area contributed by atoms with Crippen LogP contribution in [0.15, 0.2) is 54.6 Å². The van der Waals surface area contributed by atoms with Crippen LogP contribution in [0.2, 0.25) is 0 Å². The number of nitrogens with zero attached hydrogens (tertiary/aromatic N) is 1. The third kappa shape index (κ3) is 4.58. The fourth-order valence-electron chi connectivity index (χ4n) is 4.90. The summed E-state index contributed by atoms with van der Waals surface area (Å²) in [5, 5.41) is 5.86. The molecule has 2 aliphatic rings. The van der Waals surface area contributed by atoms with E-state index in [9.17, 15) is 14.4 Å². The van der Waals surface area contributed by atoms with Gasteiger partial charge in [0.1, 0.15) is 17.5 Å². The van der Waals surface area contributed by atoms with Gasteiger partial charge in [0.15, 0.2) is 0 Å². The molecule has 180 valence electrons. The summed E-state index contributed by atoms with van der Waals surface area (Å²) in [7, 11) is 0. The number of nitrogens with one attached hydrogen (secondary N) is 2. The van der Waals surface area contributed by atoms with E-state index in [1.54, 1.807) is 16.7 Å². The number of rotatable bonds is 7. The van der Waals surface area contributed by atoms with Gasteiger partial charge in [0, 0.05) is 10.3 Å². The first-order chi connectivity index (χ1) is 16.1. The highest BCUT2D eigenvalue weighted by molar-refractivity contribution is 8.01. The highest BCUT2D eigenvalue weighted by Gasteiger charge is 2.57. The summed E-state index contributed by atoms with van der Waals surface area (Å²) in [5.74, 6) is -0.412. The molecule has 0 bridgehead atoms. The SMILES string of the molecule is CC(C)C[C@H](NC(=O)[C@@H]1N2C(=O)c3ccccc3[C@@H]2SC1(C)C)C(=O)N[C@@H](C)c1ccccc1. The summed E-state index contributed by atoms with van der Waals surface area (Å²) < 4.78 is -0.492. The van der Waals surface area contributed by atoms with Crippen LogP contribution in [0.3, 0.4) is 0 Å². The van der Waals surface area contributed by atoms with Gasteiger partial charge in [-0.05, 0) is 50.3 Å². The molecule has 1 saturated heterocycles. The van der Waals surface area contributed by atoms with Crippen molar-refractivity contribution in [1.29, 1.82) is 0 Å². The normalized spacial score (nSPS) is 22.2. The molecule has 6 nitrogen and oxygen atoms in total. The van der Waals surface area contributed by atoms with Crippen molar-refractivity contribution in [3.63, 3.8) is 0 Å². The number of fused-ring (bicyclic) bond motifs is 3. The number of hydrogen-bond acceptors (Lipinski definition) is 4. The fourth-order valence-corrected chi connectivity index (χ4v) is 6.49. The van der Waals surface area contributed by atoms with Crippen LogP contribution in [0.4, 0.5) is 0 Å². The van der Waals surface area contributed by atoms with Crippen molar-refractivity contribution in [3.8, 4) is 0 Å². The van der Waals surface area contributed by atoms with E-state index in [0.717, 1.165) is 11.1 Å². The molecule has 4 atom stereocenters. The zero-order valence-corrected chi connectivity index (χ0v) is 21.2. The van der Waals surface area contributed by atoms with Crippen LogP contribution in [0, 0.1) is 5.92 Å². The third-order valence-corrected chi connectivity index (χ3v) is 8.08. The van der Waals surface area contributed by atoms with E-state index in [0.29, 0.717) is 12.0 Å². The Bertz CT molecular complexity index is 1090.